The van der Waals surface area contributed by atoms with Gasteiger partial charge in [-0.2, -0.15) is 0 Å². The average molecular weight is 389 g/mol. The Morgan fingerprint density at radius 2 is 2.11 bits per heavy atom. The molecular weight excluding hydrogens is 358 g/mol. The standard InChI is InChI=1S/C21H31N3O4/c1-27-14-17(6-9-25)16-4-5-20(19(12-16)23-21(22)26)24(13-15-2-3-15)18-7-10-28-11-8-18/h4-5,9,12,15,17-18H,2-3,6-8,10-11,13-14H2,1H3,(H3,22,23,26). The number of hydrogen-bond donors (Lipinski definition) is 2. The highest BCUT2D eigenvalue weighted by atomic mass is 16.5. The molecule has 1 unspecified atom stereocenters. The molecule has 1 aromatic carbocycles. The summed E-state index contributed by atoms with van der Waals surface area (Å²) in [5.41, 5.74) is 8.11. The number of anilines is 2. The van der Waals surface area contributed by atoms with Gasteiger partial charge in [0.15, 0.2) is 0 Å². The molecule has 2 fully saturated rings. The number of amides is 2. The van der Waals surface area contributed by atoms with Crippen LogP contribution in [0.4, 0.5) is 16.2 Å². The van der Waals surface area contributed by atoms with E-state index in [4.69, 9.17) is 15.2 Å². The lowest BCUT2D eigenvalue weighted by Crippen LogP contribution is -2.41. The van der Waals surface area contributed by atoms with Crippen molar-refractivity contribution in [1.29, 1.82) is 0 Å². The van der Waals surface area contributed by atoms with Crippen LogP contribution in [-0.2, 0) is 14.3 Å². The molecule has 1 saturated carbocycles. The number of ether oxygens (including phenoxy) is 2. The van der Waals surface area contributed by atoms with Gasteiger partial charge in [-0.25, -0.2) is 4.79 Å². The third-order valence-electron chi connectivity index (χ3n) is 5.59. The SMILES string of the molecule is COCC(CC=O)c1ccc(N(CC2CC2)C2CCOCC2)c(NC(N)=O)c1. The smallest absolute Gasteiger partial charge is 0.316 e. The molecular formula is C21H31N3O4. The molecule has 0 bridgehead atoms. The first kappa shape index (κ1) is 20.6. The second kappa shape index (κ2) is 9.89. The van der Waals surface area contributed by atoms with Crippen LogP contribution in [0.25, 0.3) is 0 Å². The van der Waals surface area contributed by atoms with E-state index in [0.29, 0.717) is 30.7 Å². The summed E-state index contributed by atoms with van der Waals surface area (Å²) in [6.45, 7) is 2.95. The van der Waals surface area contributed by atoms with Crippen molar-refractivity contribution < 1.29 is 19.1 Å². The van der Waals surface area contributed by atoms with Crippen molar-refractivity contribution in [2.45, 2.75) is 44.1 Å². The van der Waals surface area contributed by atoms with Crippen LogP contribution < -0.4 is 16.0 Å². The number of nitrogens with zero attached hydrogens (tertiary/aromatic N) is 1. The van der Waals surface area contributed by atoms with Crippen LogP contribution in [-0.4, -0.2) is 51.8 Å². The van der Waals surface area contributed by atoms with Crippen LogP contribution in [0.1, 0.15) is 43.6 Å². The van der Waals surface area contributed by atoms with Crippen molar-refractivity contribution >= 4 is 23.7 Å². The summed E-state index contributed by atoms with van der Waals surface area (Å²) in [7, 11) is 1.62. The molecule has 1 aliphatic heterocycles. The monoisotopic (exact) mass is 389 g/mol. The van der Waals surface area contributed by atoms with Crippen LogP contribution >= 0.6 is 0 Å². The fourth-order valence-corrected chi connectivity index (χ4v) is 3.93. The molecule has 28 heavy (non-hydrogen) atoms. The van der Waals surface area contributed by atoms with Gasteiger partial charge in [0.25, 0.3) is 0 Å². The highest BCUT2D eigenvalue weighted by molar-refractivity contribution is 5.92. The van der Waals surface area contributed by atoms with Crippen LogP contribution in [0.5, 0.6) is 0 Å². The Morgan fingerprint density at radius 3 is 2.71 bits per heavy atom. The van der Waals surface area contributed by atoms with E-state index in [1.54, 1.807) is 7.11 Å². The van der Waals surface area contributed by atoms with Crippen molar-refractivity contribution in [3.8, 4) is 0 Å². The van der Waals surface area contributed by atoms with Gasteiger partial charge < -0.3 is 30.2 Å². The molecule has 2 amide bonds. The third kappa shape index (κ3) is 5.45. The highest BCUT2D eigenvalue weighted by Crippen LogP contribution is 2.38. The Bertz CT molecular complexity index is 672. The summed E-state index contributed by atoms with van der Waals surface area (Å²) in [6.07, 6.45) is 5.73. The quantitative estimate of drug-likeness (QED) is 0.600. The first-order valence-electron chi connectivity index (χ1n) is 10.1. The zero-order valence-electron chi connectivity index (χ0n) is 16.6. The topological polar surface area (TPSA) is 93.9 Å². The molecule has 1 aliphatic carbocycles. The molecule has 0 aromatic heterocycles. The Kier molecular flexibility index (Phi) is 7.28. The molecule has 1 atom stereocenters. The van der Waals surface area contributed by atoms with E-state index in [9.17, 15) is 9.59 Å². The second-order valence-corrected chi connectivity index (χ2v) is 7.76. The largest absolute Gasteiger partial charge is 0.384 e. The van der Waals surface area contributed by atoms with Gasteiger partial charge in [0.05, 0.1) is 18.0 Å². The molecule has 3 rings (SSSR count). The maximum Gasteiger partial charge on any atom is 0.316 e. The van der Waals surface area contributed by atoms with Gasteiger partial charge in [0.2, 0.25) is 0 Å². The van der Waals surface area contributed by atoms with E-state index in [-0.39, 0.29) is 5.92 Å². The van der Waals surface area contributed by atoms with Gasteiger partial charge >= 0.3 is 6.03 Å². The zero-order chi connectivity index (χ0) is 19.9. The van der Waals surface area contributed by atoms with E-state index in [1.165, 1.54) is 12.8 Å². The number of carbonyl (C=O) groups is 2. The Hall–Kier alpha value is -2.12. The van der Waals surface area contributed by atoms with E-state index in [2.05, 4.69) is 10.2 Å². The summed E-state index contributed by atoms with van der Waals surface area (Å²) >= 11 is 0. The molecule has 154 valence electrons. The van der Waals surface area contributed by atoms with Crippen molar-refractivity contribution in [2.75, 3.05) is 43.7 Å². The molecule has 7 nitrogen and oxygen atoms in total. The minimum absolute atomic E-state index is 0.0510. The minimum Gasteiger partial charge on any atom is -0.384 e. The summed E-state index contributed by atoms with van der Waals surface area (Å²) < 4.78 is 10.8. The second-order valence-electron chi connectivity index (χ2n) is 7.76. The number of carbonyl (C=O) groups excluding carboxylic acids is 2. The first-order chi connectivity index (χ1) is 13.6. The fourth-order valence-electron chi connectivity index (χ4n) is 3.93. The Balaban J connectivity index is 1.93. The van der Waals surface area contributed by atoms with Crippen LogP contribution in [0, 0.1) is 5.92 Å². The van der Waals surface area contributed by atoms with Crippen molar-refractivity contribution in [3.05, 3.63) is 23.8 Å². The van der Waals surface area contributed by atoms with E-state index >= 15 is 0 Å². The number of benzene rings is 1. The van der Waals surface area contributed by atoms with Gasteiger partial charge in [0, 0.05) is 45.2 Å². The number of urea groups is 1. The van der Waals surface area contributed by atoms with Crippen LogP contribution in [0.15, 0.2) is 18.2 Å². The van der Waals surface area contributed by atoms with Crippen molar-refractivity contribution in [3.63, 3.8) is 0 Å². The number of aldehydes is 1. The van der Waals surface area contributed by atoms with Crippen LogP contribution in [0.2, 0.25) is 0 Å². The number of primary amides is 1. The average Bonchev–Trinajstić information content (AvgIpc) is 3.51. The zero-order valence-corrected chi connectivity index (χ0v) is 16.6. The number of nitrogens with two attached hydrogens (primary N) is 1. The van der Waals surface area contributed by atoms with Gasteiger partial charge in [-0.15, -0.1) is 0 Å². The molecule has 2 aliphatic rings. The van der Waals surface area contributed by atoms with E-state index in [0.717, 1.165) is 50.1 Å². The van der Waals surface area contributed by atoms with Crippen molar-refractivity contribution in [1.82, 2.24) is 0 Å². The third-order valence-corrected chi connectivity index (χ3v) is 5.59. The highest BCUT2D eigenvalue weighted by Gasteiger charge is 2.31. The number of nitrogens with one attached hydrogen (secondary N) is 1. The molecule has 3 N–H and O–H groups in total. The normalized spacial score (nSPS) is 18.5. The number of hydrogen-bond acceptors (Lipinski definition) is 5. The lowest BCUT2D eigenvalue weighted by molar-refractivity contribution is -0.108. The lowest BCUT2D eigenvalue weighted by Gasteiger charge is -2.37. The maximum absolute atomic E-state index is 11.7. The van der Waals surface area contributed by atoms with E-state index in [1.807, 2.05) is 18.2 Å². The summed E-state index contributed by atoms with van der Waals surface area (Å²) in [4.78, 5) is 25.2. The van der Waals surface area contributed by atoms with Crippen LogP contribution in [0.3, 0.4) is 0 Å². The minimum atomic E-state index is -0.588. The predicted molar refractivity (Wildman–Crippen MR) is 109 cm³/mol. The lowest BCUT2D eigenvalue weighted by atomic mass is 9.95. The number of rotatable bonds is 10. The van der Waals surface area contributed by atoms with Gasteiger partial charge in [-0.05, 0) is 49.3 Å². The molecule has 1 aromatic rings. The summed E-state index contributed by atoms with van der Waals surface area (Å²) in [5.74, 6) is 0.658. The molecule has 1 heterocycles. The molecule has 7 heteroatoms. The van der Waals surface area contributed by atoms with Gasteiger partial charge in [0.1, 0.15) is 6.29 Å². The number of methoxy groups -OCH3 is 1. The summed E-state index contributed by atoms with van der Waals surface area (Å²) in [6, 6.07) is 5.82. The van der Waals surface area contributed by atoms with Gasteiger partial charge in [-0.1, -0.05) is 6.07 Å². The summed E-state index contributed by atoms with van der Waals surface area (Å²) in [5, 5.41) is 2.80. The van der Waals surface area contributed by atoms with Crippen molar-refractivity contribution in [2.24, 2.45) is 11.7 Å². The molecule has 0 radical (unpaired) electrons. The Labute approximate surface area is 166 Å². The predicted octanol–water partition coefficient (Wildman–Crippen LogP) is 2.89. The Morgan fingerprint density at radius 1 is 1.36 bits per heavy atom. The molecule has 0 spiro atoms. The molecule has 1 saturated heterocycles. The van der Waals surface area contributed by atoms with Gasteiger partial charge in [-0.3, -0.25) is 0 Å². The van der Waals surface area contributed by atoms with E-state index < -0.39 is 6.03 Å². The first-order valence-corrected chi connectivity index (χ1v) is 10.1. The maximum atomic E-state index is 11.7. The fraction of sp³-hybridized carbons (Fsp3) is 0.619.